The maximum absolute atomic E-state index is 12.0. The van der Waals surface area contributed by atoms with Gasteiger partial charge in [0, 0.05) is 6.54 Å². The first-order valence-corrected chi connectivity index (χ1v) is 6.02. The van der Waals surface area contributed by atoms with Gasteiger partial charge in [0.15, 0.2) is 0 Å². The van der Waals surface area contributed by atoms with Gasteiger partial charge in [-0.25, -0.2) is 4.79 Å². The predicted molar refractivity (Wildman–Crippen MR) is 64.3 cm³/mol. The molecule has 6 nitrogen and oxygen atoms in total. The van der Waals surface area contributed by atoms with Gasteiger partial charge in [-0.05, 0) is 27.7 Å². The molecule has 18 heavy (non-hydrogen) atoms. The van der Waals surface area contributed by atoms with E-state index in [0.717, 1.165) is 0 Å². The summed E-state index contributed by atoms with van der Waals surface area (Å²) in [6, 6.07) is -0.480. The first-order valence-electron chi connectivity index (χ1n) is 6.02. The molecule has 1 aliphatic rings. The van der Waals surface area contributed by atoms with E-state index in [1.807, 2.05) is 0 Å². The number of morpholine rings is 1. The van der Waals surface area contributed by atoms with E-state index in [0.29, 0.717) is 13.2 Å². The van der Waals surface area contributed by atoms with Crippen LogP contribution in [0.3, 0.4) is 0 Å². The van der Waals surface area contributed by atoms with Gasteiger partial charge in [-0.3, -0.25) is 9.69 Å². The van der Waals surface area contributed by atoms with Crippen molar-refractivity contribution < 1.29 is 24.2 Å². The fourth-order valence-corrected chi connectivity index (χ4v) is 1.75. The minimum Gasteiger partial charge on any atom is -0.481 e. The van der Waals surface area contributed by atoms with Crippen LogP contribution < -0.4 is 0 Å². The van der Waals surface area contributed by atoms with Crippen molar-refractivity contribution in [3.05, 3.63) is 0 Å². The van der Waals surface area contributed by atoms with Gasteiger partial charge in [0.2, 0.25) is 0 Å². The molecule has 1 heterocycles. The standard InChI is InChI=1S/C12H21NO5/c1-8(10(14)15)9-7-17-6-5-13(9)11(16)18-12(2,3)4/h8-9H,5-7H2,1-4H3,(H,14,15). The molecule has 0 radical (unpaired) electrons. The largest absolute Gasteiger partial charge is 0.481 e. The van der Waals surface area contributed by atoms with Crippen molar-refractivity contribution in [2.24, 2.45) is 5.92 Å². The van der Waals surface area contributed by atoms with Gasteiger partial charge in [0.1, 0.15) is 5.60 Å². The van der Waals surface area contributed by atoms with Gasteiger partial charge in [-0.15, -0.1) is 0 Å². The van der Waals surface area contributed by atoms with Gasteiger partial charge in [0.05, 0.1) is 25.2 Å². The van der Waals surface area contributed by atoms with Crippen LogP contribution in [-0.4, -0.2) is 53.5 Å². The van der Waals surface area contributed by atoms with E-state index in [1.165, 1.54) is 4.90 Å². The Morgan fingerprint density at radius 1 is 1.44 bits per heavy atom. The first kappa shape index (κ1) is 14.8. The summed E-state index contributed by atoms with van der Waals surface area (Å²) in [6.07, 6.45) is -0.483. The Morgan fingerprint density at radius 3 is 2.56 bits per heavy atom. The molecule has 1 N–H and O–H groups in total. The molecular formula is C12H21NO5. The van der Waals surface area contributed by atoms with Gasteiger partial charge in [-0.1, -0.05) is 0 Å². The Bertz CT molecular complexity index is 323. The van der Waals surface area contributed by atoms with Crippen LogP contribution in [0, 0.1) is 5.92 Å². The molecule has 1 fully saturated rings. The van der Waals surface area contributed by atoms with Crippen LogP contribution in [0.1, 0.15) is 27.7 Å². The van der Waals surface area contributed by atoms with Crippen molar-refractivity contribution in [2.75, 3.05) is 19.8 Å². The summed E-state index contributed by atoms with van der Waals surface area (Å²) in [5, 5.41) is 9.03. The molecule has 1 rings (SSSR count). The molecule has 1 amide bonds. The zero-order valence-electron chi connectivity index (χ0n) is 11.3. The number of rotatable bonds is 2. The summed E-state index contributed by atoms with van der Waals surface area (Å²) in [5.74, 6) is -1.63. The van der Waals surface area contributed by atoms with Crippen molar-refractivity contribution in [1.29, 1.82) is 0 Å². The number of carboxylic acid groups (broad SMARTS) is 1. The lowest BCUT2D eigenvalue weighted by Crippen LogP contribution is -2.54. The number of ether oxygens (including phenoxy) is 2. The van der Waals surface area contributed by atoms with E-state index in [1.54, 1.807) is 27.7 Å². The van der Waals surface area contributed by atoms with Gasteiger partial charge < -0.3 is 14.6 Å². The quantitative estimate of drug-likeness (QED) is 0.810. The Morgan fingerprint density at radius 2 is 2.06 bits per heavy atom. The molecule has 0 bridgehead atoms. The summed E-state index contributed by atoms with van der Waals surface area (Å²) in [5.41, 5.74) is -0.591. The molecule has 1 saturated heterocycles. The molecule has 2 unspecified atom stereocenters. The summed E-state index contributed by atoms with van der Waals surface area (Å²) in [7, 11) is 0. The fraction of sp³-hybridized carbons (Fsp3) is 0.833. The molecule has 104 valence electrons. The number of nitrogens with zero attached hydrogens (tertiary/aromatic N) is 1. The lowest BCUT2D eigenvalue weighted by molar-refractivity contribution is -0.146. The maximum Gasteiger partial charge on any atom is 0.410 e. The third-order valence-electron chi connectivity index (χ3n) is 2.76. The number of hydrogen-bond donors (Lipinski definition) is 1. The average molecular weight is 259 g/mol. The second kappa shape index (κ2) is 5.56. The zero-order chi connectivity index (χ0) is 13.9. The number of carbonyl (C=O) groups is 2. The summed E-state index contributed by atoms with van der Waals surface area (Å²) < 4.78 is 10.5. The minimum absolute atomic E-state index is 0.229. The summed E-state index contributed by atoms with van der Waals surface area (Å²) in [6.45, 7) is 7.90. The van der Waals surface area contributed by atoms with Crippen LogP contribution in [-0.2, 0) is 14.3 Å². The van der Waals surface area contributed by atoms with E-state index in [4.69, 9.17) is 14.6 Å². The third kappa shape index (κ3) is 3.87. The van der Waals surface area contributed by atoms with E-state index in [2.05, 4.69) is 0 Å². The molecule has 0 aromatic rings. The smallest absolute Gasteiger partial charge is 0.410 e. The Labute approximate surface area is 107 Å². The average Bonchev–Trinajstić information content (AvgIpc) is 2.25. The second-order valence-electron chi connectivity index (χ2n) is 5.44. The van der Waals surface area contributed by atoms with Gasteiger partial charge >= 0.3 is 12.1 Å². The highest BCUT2D eigenvalue weighted by Crippen LogP contribution is 2.19. The Balaban J connectivity index is 2.76. The molecular weight excluding hydrogens is 238 g/mol. The van der Waals surface area contributed by atoms with Crippen molar-refractivity contribution >= 4 is 12.1 Å². The van der Waals surface area contributed by atoms with Crippen LogP contribution in [0.25, 0.3) is 0 Å². The monoisotopic (exact) mass is 259 g/mol. The van der Waals surface area contributed by atoms with Gasteiger partial charge in [-0.2, -0.15) is 0 Å². The maximum atomic E-state index is 12.0. The predicted octanol–water partition coefficient (Wildman–Crippen LogP) is 1.34. The third-order valence-corrected chi connectivity index (χ3v) is 2.76. The zero-order valence-corrected chi connectivity index (χ0v) is 11.3. The number of carboxylic acids is 1. The summed E-state index contributed by atoms with van der Waals surface area (Å²) in [4.78, 5) is 24.5. The van der Waals surface area contributed by atoms with Crippen molar-refractivity contribution in [1.82, 2.24) is 4.90 Å². The number of carbonyl (C=O) groups excluding carboxylic acids is 1. The van der Waals surface area contributed by atoms with Crippen LogP contribution in [0.4, 0.5) is 4.79 Å². The van der Waals surface area contributed by atoms with Crippen LogP contribution in [0.15, 0.2) is 0 Å². The van der Waals surface area contributed by atoms with E-state index in [-0.39, 0.29) is 6.61 Å². The normalized spacial score (nSPS) is 22.4. The molecule has 2 atom stereocenters. The Hall–Kier alpha value is -1.30. The van der Waals surface area contributed by atoms with Crippen molar-refractivity contribution in [3.63, 3.8) is 0 Å². The Kier molecular flexibility index (Phi) is 4.56. The SMILES string of the molecule is CC(C(=O)O)C1COCCN1C(=O)OC(C)(C)C. The van der Waals surface area contributed by atoms with Crippen molar-refractivity contribution in [3.8, 4) is 0 Å². The highest BCUT2D eigenvalue weighted by Gasteiger charge is 2.36. The lowest BCUT2D eigenvalue weighted by Gasteiger charge is -2.38. The highest BCUT2D eigenvalue weighted by molar-refractivity contribution is 5.73. The van der Waals surface area contributed by atoms with E-state index in [9.17, 15) is 9.59 Å². The molecule has 0 aliphatic carbocycles. The van der Waals surface area contributed by atoms with Gasteiger partial charge in [0.25, 0.3) is 0 Å². The number of hydrogen-bond acceptors (Lipinski definition) is 4. The molecule has 0 spiro atoms. The molecule has 0 saturated carbocycles. The second-order valence-corrected chi connectivity index (χ2v) is 5.44. The van der Waals surface area contributed by atoms with Crippen LogP contribution >= 0.6 is 0 Å². The lowest BCUT2D eigenvalue weighted by atomic mass is 10.0. The number of amides is 1. The van der Waals surface area contributed by atoms with Crippen LogP contribution in [0.2, 0.25) is 0 Å². The van der Waals surface area contributed by atoms with Crippen LogP contribution in [0.5, 0.6) is 0 Å². The molecule has 0 aromatic heterocycles. The van der Waals surface area contributed by atoms with E-state index < -0.39 is 29.6 Å². The fourth-order valence-electron chi connectivity index (χ4n) is 1.75. The molecule has 6 heteroatoms. The molecule has 0 aromatic carbocycles. The first-order chi connectivity index (χ1) is 8.22. The summed E-state index contributed by atoms with van der Waals surface area (Å²) >= 11 is 0. The minimum atomic E-state index is -0.945. The molecule has 1 aliphatic heterocycles. The number of aliphatic carboxylic acids is 1. The van der Waals surface area contributed by atoms with E-state index >= 15 is 0 Å². The topological polar surface area (TPSA) is 76.1 Å². The van der Waals surface area contributed by atoms with Crippen molar-refractivity contribution in [2.45, 2.75) is 39.3 Å². The highest BCUT2D eigenvalue weighted by atomic mass is 16.6.